The summed E-state index contributed by atoms with van der Waals surface area (Å²) in [5, 5.41) is 3.22. The topological polar surface area (TPSA) is 65.1 Å². The molecule has 7 heteroatoms. The average Bonchev–Trinajstić information content (AvgIpc) is 2.93. The van der Waals surface area contributed by atoms with Crippen molar-refractivity contribution in [1.29, 1.82) is 0 Å². The van der Waals surface area contributed by atoms with Gasteiger partial charge in [0.05, 0.1) is 7.11 Å². The Morgan fingerprint density at radius 1 is 1.00 bits per heavy atom. The second kappa shape index (κ2) is 12.7. The number of hydrogen-bond acceptors (Lipinski definition) is 5. The number of carbonyl (C=O) groups is 2. The Bertz CT molecular complexity index is 1090. The van der Waals surface area contributed by atoms with Gasteiger partial charge in [-0.3, -0.25) is 9.59 Å². The predicted molar refractivity (Wildman–Crippen MR) is 153 cm³/mol. The quantitative estimate of drug-likeness (QED) is 0.541. The lowest BCUT2D eigenvalue weighted by molar-refractivity contribution is -0.134. The Balaban J connectivity index is 1.19. The third-order valence-corrected chi connectivity index (χ3v) is 8.46. The molecule has 0 atom stereocenters. The summed E-state index contributed by atoms with van der Waals surface area (Å²) in [6.07, 6.45) is 5.60. The van der Waals surface area contributed by atoms with Gasteiger partial charge in [-0.05, 0) is 70.8 Å². The standard InChI is InChI=1S/C31H44N4O3/c1-24-7-5-8-25(21-24)23-31(33(2)3)15-13-26(14-16-31)32-29(36)11-12-30(37)35-19-17-34(18-20-35)27-9-6-10-28(22-27)38-4/h5-10,21-22,26H,11-20,23H2,1-4H3,(H,32,36). The molecule has 2 aromatic rings. The first kappa shape index (κ1) is 28.0. The fourth-order valence-electron chi connectivity index (χ4n) is 5.98. The van der Waals surface area contributed by atoms with Crippen LogP contribution in [0.1, 0.15) is 49.7 Å². The molecule has 2 amide bonds. The van der Waals surface area contributed by atoms with E-state index in [9.17, 15) is 9.59 Å². The summed E-state index contributed by atoms with van der Waals surface area (Å²) >= 11 is 0. The lowest BCUT2D eigenvalue weighted by Gasteiger charge is -2.45. The number of nitrogens with zero attached hydrogens (tertiary/aromatic N) is 3. The molecule has 1 N–H and O–H groups in total. The van der Waals surface area contributed by atoms with E-state index in [1.165, 1.54) is 11.1 Å². The normalized spacial score (nSPS) is 21.9. The van der Waals surface area contributed by atoms with Crippen molar-refractivity contribution >= 4 is 17.5 Å². The van der Waals surface area contributed by atoms with Gasteiger partial charge >= 0.3 is 0 Å². The van der Waals surface area contributed by atoms with Gasteiger partial charge < -0.3 is 24.8 Å². The number of amides is 2. The van der Waals surface area contributed by atoms with Gasteiger partial charge in [0.1, 0.15) is 5.75 Å². The number of ether oxygens (including phenoxy) is 1. The third-order valence-electron chi connectivity index (χ3n) is 8.46. The first-order valence-electron chi connectivity index (χ1n) is 14.0. The highest BCUT2D eigenvalue weighted by atomic mass is 16.5. The molecule has 7 nitrogen and oxygen atoms in total. The van der Waals surface area contributed by atoms with E-state index in [0.717, 1.165) is 56.6 Å². The molecule has 2 aromatic carbocycles. The minimum Gasteiger partial charge on any atom is -0.497 e. The van der Waals surface area contributed by atoms with Crippen LogP contribution in [0.4, 0.5) is 5.69 Å². The number of likely N-dealkylation sites (N-methyl/N-ethyl adjacent to an activating group) is 1. The van der Waals surface area contributed by atoms with E-state index < -0.39 is 0 Å². The van der Waals surface area contributed by atoms with Crippen molar-refractivity contribution in [3.63, 3.8) is 0 Å². The minimum absolute atomic E-state index is 0.00518. The summed E-state index contributed by atoms with van der Waals surface area (Å²) in [5.74, 6) is 0.900. The number of anilines is 1. The molecular formula is C31H44N4O3. The molecule has 0 unspecified atom stereocenters. The third kappa shape index (κ3) is 7.07. The minimum atomic E-state index is -0.00518. The number of carbonyl (C=O) groups excluding carboxylic acids is 2. The van der Waals surface area contributed by atoms with Crippen LogP contribution in [0.15, 0.2) is 48.5 Å². The van der Waals surface area contributed by atoms with Crippen LogP contribution >= 0.6 is 0 Å². The zero-order valence-corrected chi connectivity index (χ0v) is 23.5. The van der Waals surface area contributed by atoms with Gasteiger partial charge in [0.25, 0.3) is 0 Å². The molecule has 0 spiro atoms. The van der Waals surface area contributed by atoms with Crippen LogP contribution in [0, 0.1) is 6.92 Å². The molecule has 1 aliphatic carbocycles. The molecule has 1 saturated heterocycles. The summed E-state index contributed by atoms with van der Waals surface area (Å²) in [6, 6.07) is 17.0. The molecule has 4 rings (SSSR count). The number of nitrogens with one attached hydrogen (secondary N) is 1. The number of hydrogen-bond donors (Lipinski definition) is 1. The molecule has 2 aliphatic rings. The molecule has 1 saturated carbocycles. The van der Waals surface area contributed by atoms with E-state index in [-0.39, 0.29) is 36.2 Å². The molecule has 0 radical (unpaired) electrons. The molecule has 1 heterocycles. The van der Waals surface area contributed by atoms with Crippen LogP contribution in [0.5, 0.6) is 5.75 Å². The molecule has 206 valence electrons. The maximum atomic E-state index is 12.8. The summed E-state index contributed by atoms with van der Waals surface area (Å²) in [4.78, 5) is 32.0. The number of methoxy groups -OCH3 is 1. The first-order valence-corrected chi connectivity index (χ1v) is 14.0. The lowest BCUT2D eigenvalue weighted by Crippen LogP contribution is -2.52. The van der Waals surface area contributed by atoms with Gasteiger partial charge in [0, 0.05) is 62.4 Å². The Hall–Kier alpha value is -3.06. The van der Waals surface area contributed by atoms with E-state index in [4.69, 9.17) is 4.74 Å². The van der Waals surface area contributed by atoms with Crippen LogP contribution in [0.3, 0.4) is 0 Å². The second-order valence-corrected chi connectivity index (χ2v) is 11.2. The molecule has 38 heavy (non-hydrogen) atoms. The zero-order valence-electron chi connectivity index (χ0n) is 23.5. The monoisotopic (exact) mass is 520 g/mol. The van der Waals surface area contributed by atoms with Crippen LogP contribution in [0.25, 0.3) is 0 Å². The Morgan fingerprint density at radius 2 is 1.71 bits per heavy atom. The van der Waals surface area contributed by atoms with Crippen LogP contribution in [0.2, 0.25) is 0 Å². The van der Waals surface area contributed by atoms with E-state index in [0.29, 0.717) is 13.1 Å². The largest absolute Gasteiger partial charge is 0.497 e. The van der Waals surface area contributed by atoms with Gasteiger partial charge in [-0.15, -0.1) is 0 Å². The molecular weight excluding hydrogens is 476 g/mol. The number of piperazine rings is 1. The smallest absolute Gasteiger partial charge is 0.223 e. The molecule has 2 fully saturated rings. The number of rotatable bonds is 9. The Kier molecular flexibility index (Phi) is 9.31. The summed E-state index contributed by atoms with van der Waals surface area (Å²) < 4.78 is 5.33. The highest BCUT2D eigenvalue weighted by Gasteiger charge is 2.37. The fraction of sp³-hybridized carbons (Fsp3) is 0.548. The second-order valence-electron chi connectivity index (χ2n) is 11.2. The summed E-state index contributed by atoms with van der Waals surface area (Å²) in [6.45, 7) is 5.06. The fourth-order valence-corrected chi connectivity index (χ4v) is 5.98. The first-order chi connectivity index (χ1) is 18.3. The highest BCUT2D eigenvalue weighted by Crippen LogP contribution is 2.35. The average molecular weight is 521 g/mol. The van der Waals surface area contributed by atoms with E-state index in [1.807, 2.05) is 23.1 Å². The zero-order chi connectivity index (χ0) is 27.1. The van der Waals surface area contributed by atoms with Crippen molar-refractivity contribution in [2.75, 3.05) is 52.3 Å². The van der Waals surface area contributed by atoms with Crippen molar-refractivity contribution in [1.82, 2.24) is 15.1 Å². The van der Waals surface area contributed by atoms with E-state index >= 15 is 0 Å². The summed E-state index contributed by atoms with van der Waals surface area (Å²) in [7, 11) is 6.03. The maximum absolute atomic E-state index is 12.8. The lowest BCUT2D eigenvalue weighted by atomic mass is 9.74. The van der Waals surface area contributed by atoms with Crippen molar-refractivity contribution in [3.05, 3.63) is 59.7 Å². The van der Waals surface area contributed by atoms with Gasteiger partial charge in [0.2, 0.25) is 11.8 Å². The highest BCUT2D eigenvalue weighted by molar-refractivity contribution is 5.84. The molecule has 1 aliphatic heterocycles. The van der Waals surface area contributed by atoms with Gasteiger partial charge in [-0.2, -0.15) is 0 Å². The SMILES string of the molecule is COc1cccc(N2CCN(C(=O)CCC(=O)NC3CCC(Cc4cccc(C)c4)(N(C)C)CC3)CC2)c1. The summed E-state index contributed by atoms with van der Waals surface area (Å²) in [5.41, 5.74) is 3.91. The van der Waals surface area contributed by atoms with E-state index in [2.05, 4.69) is 66.5 Å². The van der Waals surface area contributed by atoms with Crippen LogP contribution in [-0.2, 0) is 16.0 Å². The Morgan fingerprint density at radius 3 is 2.37 bits per heavy atom. The van der Waals surface area contributed by atoms with Gasteiger partial charge in [0.15, 0.2) is 0 Å². The predicted octanol–water partition coefficient (Wildman–Crippen LogP) is 4.03. The Labute approximate surface area is 228 Å². The van der Waals surface area contributed by atoms with Gasteiger partial charge in [-0.25, -0.2) is 0 Å². The van der Waals surface area contributed by atoms with Crippen molar-refractivity contribution in [2.45, 2.75) is 63.5 Å². The number of aryl methyl sites for hydroxylation is 1. The molecule has 0 bridgehead atoms. The maximum Gasteiger partial charge on any atom is 0.223 e. The van der Waals surface area contributed by atoms with Crippen molar-refractivity contribution < 1.29 is 14.3 Å². The molecule has 0 aromatic heterocycles. The van der Waals surface area contributed by atoms with Gasteiger partial charge in [-0.1, -0.05) is 35.9 Å². The van der Waals surface area contributed by atoms with Crippen LogP contribution in [-0.4, -0.2) is 80.6 Å². The number of benzene rings is 2. The van der Waals surface area contributed by atoms with Crippen molar-refractivity contribution in [2.24, 2.45) is 0 Å². The van der Waals surface area contributed by atoms with Crippen LogP contribution < -0.4 is 15.0 Å². The van der Waals surface area contributed by atoms with E-state index in [1.54, 1.807) is 7.11 Å². The van der Waals surface area contributed by atoms with Crippen molar-refractivity contribution in [3.8, 4) is 5.75 Å².